The van der Waals surface area contributed by atoms with Gasteiger partial charge in [-0.3, -0.25) is 0 Å². The fourth-order valence-corrected chi connectivity index (χ4v) is 13.8. The number of phenolic OH excluding ortho intramolecular Hbond substituents is 2. The SMILES string of the molecule is CCCCCCCCCCCCSCc1cc(CCCCCCCCC)cc(CSCCCCCCCCCCCC)c1O.CCCCCCCCSCc1cc(CC)c(O)c(CSCCCCCCCC)c1. The van der Waals surface area contributed by atoms with Gasteiger partial charge in [-0.15, -0.1) is 0 Å². The number of aromatic hydroxyl groups is 2. The van der Waals surface area contributed by atoms with Crippen LogP contribution in [0.2, 0.25) is 0 Å². The van der Waals surface area contributed by atoms with Crippen LogP contribution in [0.25, 0.3) is 0 Å². The molecule has 0 aliphatic rings. The van der Waals surface area contributed by atoms with Crippen molar-refractivity contribution in [3.8, 4) is 11.5 Å². The van der Waals surface area contributed by atoms with Crippen molar-refractivity contribution in [2.75, 3.05) is 23.0 Å². The van der Waals surface area contributed by atoms with Crippen molar-refractivity contribution in [3.05, 3.63) is 57.6 Å². The molecule has 426 valence electrons. The maximum Gasteiger partial charge on any atom is 0.123 e. The lowest BCUT2D eigenvalue weighted by molar-refractivity contribution is 0.464. The molecule has 0 aliphatic heterocycles. The first-order chi connectivity index (χ1) is 35.9. The lowest BCUT2D eigenvalue weighted by atomic mass is 10.00. The van der Waals surface area contributed by atoms with Gasteiger partial charge >= 0.3 is 0 Å². The van der Waals surface area contributed by atoms with Gasteiger partial charge in [0.2, 0.25) is 0 Å². The van der Waals surface area contributed by atoms with Crippen LogP contribution in [0.4, 0.5) is 0 Å². The van der Waals surface area contributed by atoms with Crippen LogP contribution >= 0.6 is 47.0 Å². The smallest absolute Gasteiger partial charge is 0.123 e. The number of aryl methyl sites for hydroxylation is 2. The molecule has 0 saturated heterocycles. The van der Waals surface area contributed by atoms with E-state index >= 15 is 0 Å². The fourth-order valence-electron chi connectivity index (χ4n) is 9.87. The molecule has 2 rings (SSSR count). The Morgan fingerprint density at radius 3 is 0.795 bits per heavy atom. The van der Waals surface area contributed by atoms with E-state index < -0.39 is 0 Å². The Kier molecular flexibility index (Phi) is 52.9. The summed E-state index contributed by atoms with van der Waals surface area (Å²) in [6.07, 6.45) is 55.9. The minimum absolute atomic E-state index is 0.549. The number of thioether (sulfide) groups is 4. The number of hydrogen-bond acceptors (Lipinski definition) is 6. The van der Waals surface area contributed by atoms with Gasteiger partial charge in [0.25, 0.3) is 0 Å². The summed E-state index contributed by atoms with van der Waals surface area (Å²) in [7, 11) is 0. The molecular formula is C67H122O2S4. The number of hydrogen-bond donors (Lipinski definition) is 2. The molecule has 0 radical (unpaired) electrons. The molecule has 0 atom stereocenters. The Morgan fingerprint density at radius 2 is 0.493 bits per heavy atom. The number of benzene rings is 2. The van der Waals surface area contributed by atoms with E-state index in [1.807, 2.05) is 35.3 Å². The molecule has 6 heteroatoms. The molecule has 0 heterocycles. The average Bonchev–Trinajstić information content (AvgIpc) is 3.40. The van der Waals surface area contributed by atoms with E-state index in [9.17, 15) is 10.2 Å². The fraction of sp³-hybridized carbons (Fsp3) is 0.821. The first-order valence-electron chi connectivity index (χ1n) is 31.9. The van der Waals surface area contributed by atoms with Gasteiger partial charge in [0, 0.05) is 39.7 Å². The molecule has 0 bridgehead atoms. The van der Waals surface area contributed by atoms with Crippen LogP contribution in [-0.4, -0.2) is 33.2 Å². The van der Waals surface area contributed by atoms with Crippen molar-refractivity contribution in [2.24, 2.45) is 0 Å². The second kappa shape index (κ2) is 54.8. The van der Waals surface area contributed by atoms with Gasteiger partial charge in [-0.1, -0.05) is 284 Å². The van der Waals surface area contributed by atoms with E-state index in [0.717, 1.165) is 40.6 Å². The molecule has 73 heavy (non-hydrogen) atoms. The molecule has 2 aromatic rings. The van der Waals surface area contributed by atoms with Gasteiger partial charge in [-0.05, 0) is 84.6 Å². The molecule has 0 amide bonds. The van der Waals surface area contributed by atoms with Gasteiger partial charge in [0.15, 0.2) is 0 Å². The third kappa shape index (κ3) is 42.1. The Labute approximate surface area is 474 Å². The summed E-state index contributed by atoms with van der Waals surface area (Å²) in [6, 6.07) is 9.17. The number of rotatable bonds is 53. The zero-order valence-corrected chi connectivity index (χ0v) is 52.8. The molecule has 2 nitrogen and oxygen atoms in total. The summed E-state index contributed by atoms with van der Waals surface area (Å²) in [6.45, 7) is 13.6. The quantitative estimate of drug-likeness (QED) is 0.0644. The van der Waals surface area contributed by atoms with Crippen LogP contribution in [0, 0.1) is 0 Å². The monoisotopic (exact) mass is 1090 g/mol. The summed E-state index contributed by atoms with van der Waals surface area (Å²) >= 11 is 8.11. The molecular weight excluding hydrogens is 965 g/mol. The van der Waals surface area contributed by atoms with E-state index in [1.54, 1.807) is 0 Å². The zero-order chi connectivity index (χ0) is 52.9. The molecule has 2 aromatic carbocycles. The predicted octanol–water partition coefficient (Wildman–Crippen LogP) is 24.1. The van der Waals surface area contributed by atoms with Crippen molar-refractivity contribution in [1.82, 2.24) is 0 Å². The van der Waals surface area contributed by atoms with E-state index in [4.69, 9.17) is 0 Å². The number of unbranched alkanes of at least 4 members (excludes halogenated alkanes) is 34. The van der Waals surface area contributed by atoms with Gasteiger partial charge in [-0.2, -0.15) is 47.0 Å². The van der Waals surface area contributed by atoms with Gasteiger partial charge in [-0.25, -0.2) is 0 Å². The van der Waals surface area contributed by atoms with Crippen molar-refractivity contribution >= 4 is 47.0 Å². The third-order valence-electron chi connectivity index (χ3n) is 14.7. The van der Waals surface area contributed by atoms with Crippen molar-refractivity contribution < 1.29 is 10.2 Å². The van der Waals surface area contributed by atoms with Crippen molar-refractivity contribution in [2.45, 2.75) is 328 Å². The van der Waals surface area contributed by atoms with Crippen LogP contribution in [0.1, 0.15) is 325 Å². The van der Waals surface area contributed by atoms with Gasteiger partial charge < -0.3 is 10.2 Å². The van der Waals surface area contributed by atoms with Crippen LogP contribution in [0.5, 0.6) is 11.5 Å². The minimum atomic E-state index is 0.549. The summed E-state index contributed by atoms with van der Waals surface area (Å²) in [5.74, 6) is 10.0. The Balaban J connectivity index is 0.000000794. The molecule has 0 fully saturated rings. The largest absolute Gasteiger partial charge is 0.507 e. The second-order valence-corrected chi connectivity index (χ2v) is 26.3. The van der Waals surface area contributed by atoms with Crippen LogP contribution < -0.4 is 0 Å². The van der Waals surface area contributed by atoms with Crippen LogP contribution in [0.15, 0.2) is 24.3 Å². The first-order valence-corrected chi connectivity index (χ1v) is 36.5. The summed E-state index contributed by atoms with van der Waals surface area (Å²) in [5, 5.41) is 21.8. The van der Waals surface area contributed by atoms with Crippen molar-refractivity contribution in [3.63, 3.8) is 0 Å². The predicted molar refractivity (Wildman–Crippen MR) is 342 cm³/mol. The highest BCUT2D eigenvalue weighted by Crippen LogP contribution is 2.33. The Bertz CT molecular complexity index is 1410. The standard InChI is InChI=1S/C41H76OS2.C26H46OS2/c1-4-7-10-13-16-18-20-23-26-29-32-43-36-39-34-38(31-28-25-22-15-12-9-6-3)35-40(41(39)42)37-44-33-30-27-24-21-19-17-14-11-8-5-2;1-4-7-9-11-13-15-17-28-21-23-19-24(6-3)26(27)25(20-23)22-29-18-16-14-12-10-8-5-2/h34-35,42H,4-33,36-37H2,1-3H3;19-20,27H,4-18,21-22H2,1-3H3. The maximum absolute atomic E-state index is 11.2. The third-order valence-corrected chi connectivity index (χ3v) is 19.1. The lowest BCUT2D eigenvalue weighted by Crippen LogP contribution is -1.96. The lowest BCUT2D eigenvalue weighted by Gasteiger charge is -2.14. The van der Waals surface area contributed by atoms with Crippen LogP contribution in [0.3, 0.4) is 0 Å². The highest BCUT2D eigenvalue weighted by molar-refractivity contribution is 7.99. The van der Waals surface area contributed by atoms with E-state index in [-0.39, 0.29) is 0 Å². The average molecular weight is 1090 g/mol. The van der Waals surface area contributed by atoms with Gasteiger partial charge in [0.05, 0.1) is 0 Å². The maximum atomic E-state index is 11.2. The molecule has 0 saturated carbocycles. The molecule has 2 N–H and O–H groups in total. The van der Waals surface area contributed by atoms with Crippen LogP contribution in [-0.2, 0) is 35.9 Å². The Hall–Kier alpha value is -0.560. The van der Waals surface area contributed by atoms with Crippen molar-refractivity contribution in [1.29, 1.82) is 0 Å². The highest BCUT2D eigenvalue weighted by atomic mass is 32.2. The summed E-state index contributed by atoms with van der Waals surface area (Å²) in [4.78, 5) is 0. The Morgan fingerprint density at radius 1 is 0.260 bits per heavy atom. The molecule has 0 aliphatic carbocycles. The topological polar surface area (TPSA) is 40.5 Å². The van der Waals surface area contributed by atoms with E-state index in [0.29, 0.717) is 11.5 Å². The minimum Gasteiger partial charge on any atom is -0.507 e. The normalized spacial score (nSPS) is 11.4. The zero-order valence-electron chi connectivity index (χ0n) is 49.5. The van der Waals surface area contributed by atoms with Gasteiger partial charge in [0.1, 0.15) is 11.5 Å². The first kappa shape index (κ1) is 70.5. The number of phenols is 2. The molecule has 0 aromatic heterocycles. The molecule has 0 spiro atoms. The molecule has 0 unspecified atom stereocenters. The van der Waals surface area contributed by atoms with E-state index in [2.05, 4.69) is 77.6 Å². The summed E-state index contributed by atoms with van der Waals surface area (Å²) < 4.78 is 0. The van der Waals surface area contributed by atoms with E-state index in [1.165, 1.54) is 302 Å². The second-order valence-electron chi connectivity index (χ2n) is 21.9. The highest BCUT2D eigenvalue weighted by Gasteiger charge is 2.12. The summed E-state index contributed by atoms with van der Waals surface area (Å²) in [5.41, 5.74) is 7.51.